The zero-order valence-corrected chi connectivity index (χ0v) is 14.7. The molecule has 1 aromatic heterocycles. The van der Waals surface area contributed by atoms with Crippen molar-refractivity contribution in [2.75, 3.05) is 6.61 Å². The maximum atomic E-state index is 14.2. The van der Waals surface area contributed by atoms with E-state index in [0.29, 0.717) is 17.5 Å². The molecule has 4 heteroatoms. The number of nitrogens with zero attached hydrogens (tertiary/aromatic N) is 1. The van der Waals surface area contributed by atoms with Gasteiger partial charge >= 0.3 is 0 Å². The molecule has 3 rings (SSSR count). The van der Waals surface area contributed by atoms with E-state index in [-0.39, 0.29) is 0 Å². The third-order valence-corrected chi connectivity index (χ3v) is 4.44. The Morgan fingerprint density at radius 2 is 1.83 bits per heavy atom. The van der Waals surface area contributed by atoms with Crippen molar-refractivity contribution in [2.45, 2.75) is 32.6 Å². The number of halogens is 2. The van der Waals surface area contributed by atoms with Crippen LogP contribution in [-0.2, 0) is 0 Å². The molecule has 0 spiro atoms. The van der Waals surface area contributed by atoms with Crippen molar-refractivity contribution < 1.29 is 9.13 Å². The van der Waals surface area contributed by atoms with Gasteiger partial charge in [-0.1, -0.05) is 48.2 Å². The Labute approximate surface area is 143 Å². The zero-order chi connectivity index (χ0) is 16.2. The summed E-state index contributed by atoms with van der Waals surface area (Å²) < 4.78 is 20.9. The van der Waals surface area contributed by atoms with E-state index in [1.54, 1.807) is 6.07 Å². The van der Waals surface area contributed by atoms with Crippen LogP contribution in [-0.4, -0.2) is 11.6 Å². The maximum Gasteiger partial charge on any atom is 0.221 e. The molecule has 0 amide bonds. The van der Waals surface area contributed by atoms with Crippen LogP contribution >= 0.6 is 15.9 Å². The number of unbranched alkanes of at least 4 members (excludes halogenated alkanes) is 3. The average Bonchev–Trinajstić information content (AvgIpc) is 2.55. The van der Waals surface area contributed by atoms with E-state index in [2.05, 4.69) is 27.8 Å². The molecule has 0 radical (unpaired) electrons. The number of aromatic nitrogens is 1. The second-order valence-electron chi connectivity index (χ2n) is 5.68. The largest absolute Gasteiger partial charge is 0.494 e. The Bertz CT molecular complexity index is 834. The summed E-state index contributed by atoms with van der Waals surface area (Å²) in [7, 11) is 0. The number of rotatable bonds is 6. The SMILES string of the molecule is CCCCCCOc1ccc2c(c1)nc(F)c1cc(Br)ccc12. The standard InChI is InChI=1S/C19H19BrFNO/c1-2-3-4-5-10-23-14-7-9-16-15-8-6-13(20)11-17(15)19(21)22-18(16)12-14/h6-9,11-12H,2-5,10H2,1H3. The summed E-state index contributed by atoms with van der Waals surface area (Å²) >= 11 is 3.37. The monoisotopic (exact) mass is 375 g/mol. The summed E-state index contributed by atoms with van der Waals surface area (Å²) in [6.45, 7) is 2.88. The molecule has 2 aromatic carbocycles. The fraction of sp³-hybridized carbons (Fsp3) is 0.316. The summed E-state index contributed by atoms with van der Waals surface area (Å²) in [4.78, 5) is 4.10. The van der Waals surface area contributed by atoms with Crippen LogP contribution in [0.4, 0.5) is 4.39 Å². The molecule has 0 unspecified atom stereocenters. The summed E-state index contributed by atoms with van der Waals surface area (Å²) in [5.41, 5.74) is 0.628. The van der Waals surface area contributed by atoms with Gasteiger partial charge in [0, 0.05) is 21.3 Å². The van der Waals surface area contributed by atoms with Crippen LogP contribution in [0, 0.1) is 5.95 Å². The summed E-state index contributed by atoms with van der Waals surface area (Å²) in [5, 5.41) is 2.33. The van der Waals surface area contributed by atoms with Crippen LogP contribution in [0.2, 0.25) is 0 Å². The van der Waals surface area contributed by atoms with Crippen LogP contribution in [0.15, 0.2) is 40.9 Å². The average molecular weight is 376 g/mol. The Kier molecular flexibility index (Phi) is 5.11. The van der Waals surface area contributed by atoms with E-state index in [1.165, 1.54) is 19.3 Å². The lowest BCUT2D eigenvalue weighted by Crippen LogP contribution is -1.98. The van der Waals surface area contributed by atoms with Gasteiger partial charge in [-0.25, -0.2) is 4.98 Å². The number of hydrogen-bond donors (Lipinski definition) is 0. The van der Waals surface area contributed by atoms with E-state index in [9.17, 15) is 4.39 Å². The number of fused-ring (bicyclic) bond motifs is 3. The Balaban J connectivity index is 1.88. The molecule has 0 saturated carbocycles. The number of ether oxygens (including phenoxy) is 1. The molecule has 0 aliphatic heterocycles. The molecule has 120 valence electrons. The first-order valence-corrected chi connectivity index (χ1v) is 8.79. The second kappa shape index (κ2) is 7.26. The van der Waals surface area contributed by atoms with Gasteiger partial charge in [-0.05, 0) is 36.1 Å². The third kappa shape index (κ3) is 3.63. The van der Waals surface area contributed by atoms with Gasteiger partial charge in [-0.15, -0.1) is 0 Å². The molecule has 1 heterocycles. The zero-order valence-electron chi connectivity index (χ0n) is 13.1. The third-order valence-electron chi connectivity index (χ3n) is 3.95. The lowest BCUT2D eigenvalue weighted by molar-refractivity contribution is 0.305. The lowest BCUT2D eigenvalue weighted by atomic mass is 10.1. The van der Waals surface area contributed by atoms with Crippen molar-refractivity contribution in [3.8, 4) is 5.75 Å². The van der Waals surface area contributed by atoms with Crippen molar-refractivity contribution in [3.63, 3.8) is 0 Å². The topological polar surface area (TPSA) is 22.1 Å². The molecule has 0 N–H and O–H groups in total. The first kappa shape index (κ1) is 16.2. The van der Waals surface area contributed by atoms with E-state index in [1.807, 2.05) is 30.3 Å². The summed E-state index contributed by atoms with van der Waals surface area (Å²) in [5.74, 6) is 0.297. The van der Waals surface area contributed by atoms with Gasteiger partial charge in [0.15, 0.2) is 0 Å². The first-order valence-electron chi connectivity index (χ1n) is 8.00. The van der Waals surface area contributed by atoms with Gasteiger partial charge in [-0.3, -0.25) is 0 Å². The molecule has 3 aromatic rings. The molecular formula is C19H19BrFNO. The van der Waals surface area contributed by atoms with Crippen molar-refractivity contribution >= 4 is 37.6 Å². The Morgan fingerprint density at radius 3 is 2.65 bits per heavy atom. The predicted octanol–water partition coefficient (Wildman–Crippen LogP) is 6.25. The quantitative estimate of drug-likeness (QED) is 0.288. The van der Waals surface area contributed by atoms with Gasteiger partial charge in [0.1, 0.15) is 5.75 Å². The van der Waals surface area contributed by atoms with Crippen LogP contribution in [0.3, 0.4) is 0 Å². The lowest BCUT2D eigenvalue weighted by Gasteiger charge is -2.09. The highest BCUT2D eigenvalue weighted by Gasteiger charge is 2.09. The molecule has 0 fully saturated rings. The Morgan fingerprint density at radius 1 is 1.00 bits per heavy atom. The van der Waals surface area contributed by atoms with Crippen LogP contribution in [0.1, 0.15) is 32.6 Å². The van der Waals surface area contributed by atoms with Gasteiger partial charge in [0.05, 0.1) is 12.1 Å². The van der Waals surface area contributed by atoms with E-state index in [4.69, 9.17) is 4.74 Å². The molecular weight excluding hydrogens is 357 g/mol. The van der Waals surface area contributed by atoms with Crippen molar-refractivity contribution in [1.29, 1.82) is 0 Å². The fourth-order valence-electron chi connectivity index (χ4n) is 2.73. The molecule has 0 aliphatic rings. The highest BCUT2D eigenvalue weighted by atomic mass is 79.9. The molecule has 0 bridgehead atoms. The van der Waals surface area contributed by atoms with Crippen molar-refractivity contribution in [3.05, 3.63) is 46.8 Å². The van der Waals surface area contributed by atoms with E-state index < -0.39 is 5.95 Å². The molecule has 0 aliphatic carbocycles. The molecule has 0 atom stereocenters. The molecule has 0 saturated heterocycles. The van der Waals surface area contributed by atoms with Crippen LogP contribution in [0.25, 0.3) is 21.7 Å². The molecule has 2 nitrogen and oxygen atoms in total. The van der Waals surface area contributed by atoms with Gasteiger partial charge in [0.25, 0.3) is 0 Å². The number of hydrogen-bond acceptors (Lipinski definition) is 2. The maximum absolute atomic E-state index is 14.2. The highest BCUT2D eigenvalue weighted by Crippen LogP contribution is 2.30. The fourth-order valence-corrected chi connectivity index (χ4v) is 3.09. The minimum absolute atomic E-state index is 0.450. The number of pyridine rings is 1. The smallest absolute Gasteiger partial charge is 0.221 e. The minimum atomic E-state index is -0.450. The molecule has 23 heavy (non-hydrogen) atoms. The summed E-state index contributed by atoms with van der Waals surface area (Å²) in [6, 6.07) is 11.3. The van der Waals surface area contributed by atoms with Crippen LogP contribution in [0.5, 0.6) is 5.75 Å². The summed E-state index contributed by atoms with van der Waals surface area (Å²) in [6.07, 6.45) is 4.66. The van der Waals surface area contributed by atoms with Gasteiger partial charge in [0.2, 0.25) is 5.95 Å². The van der Waals surface area contributed by atoms with E-state index in [0.717, 1.165) is 27.4 Å². The van der Waals surface area contributed by atoms with Gasteiger partial charge in [-0.2, -0.15) is 4.39 Å². The Hall–Kier alpha value is -1.68. The first-order chi connectivity index (χ1) is 11.2. The second-order valence-corrected chi connectivity index (χ2v) is 6.60. The van der Waals surface area contributed by atoms with Crippen molar-refractivity contribution in [2.24, 2.45) is 0 Å². The van der Waals surface area contributed by atoms with E-state index >= 15 is 0 Å². The highest BCUT2D eigenvalue weighted by molar-refractivity contribution is 9.10. The number of benzene rings is 2. The van der Waals surface area contributed by atoms with Gasteiger partial charge < -0.3 is 4.74 Å². The van der Waals surface area contributed by atoms with Crippen molar-refractivity contribution in [1.82, 2.24) is 4.98 Å². The van der Waals surface area contributed by atoms with Crippen LogP contribution < -0.4 is 4.74 Å². The normalized spacial score (nSPS) is 11.3. The predicted molar refractivity (Wildman–Crippen MR) is 96.5 cm³/mol. The minimum Gasteiger partial charge on any atom is -0.494 e.